The van der Waals surface area contributed by atoms with Crippen molar-refractivity contribution in [1.29, 1.82) is 0 Å². The summed E-state index contributed by atoms with van der Waals surface area (Å²) in [7, 11) is 0. The van der Waals surface area contributed by atoms with E-state index in [4.69, 9.17) is 10.5 Å². The molecule has 98 valence electrons. The summed E-state index contributed by atoms with van der Waals surface area (Å²) < 4.78 is 5.44. The highest BCUT2D eigenvalue weighted by atomic mass is 32.2. The van der Waals surface area contributed by atoms with Gasteiger partial charge in [-0.05, 0) is 37.1 Å². The third kappa shape index (κ3) is 2.62. The van der Waals surface area contributed by atoms with Crippen LogP contribution in [0.4, 0.5) is 0 Å². The van der Waals surface area contributed by atoms with Gasteiger partial charge in [0, 0.05) is 17.1 Å². The number of benzene rings is 1. The summed E-state index contributed by atoms with van der Waals surface area (Å²) in [6, 6.07) is 5.81. The van der Waals surface area contributed by atoms with Crippen molar-refractivity contribution in [3.63, 3.8) is 0 Å². The van der Waals surface area contributed by atoms with Gasteiger partial charge < -0.3 is 15.6 Å². The SMILES string of the molecule is CCOc1ccc2c(c1)CC(N)(C(=O)O)CCS2. The van der Waals surface area contributed by atoms with Crippen molar-refractivity contribution in [2.45, 2.75) is 30.2 Å². The predicted molar refractivity (Wildman–Crippen MR) is 71.2 cm³/mol. The highest BCUT2D eigenvalue weighted by molar-refractivity contribution is 7.99. The lowest BCUT2D eigenvalue weighted by Crippen LogP contribution is -2.50. The Morgan fingerprint density at radius 1 is 1.61 bits per heavy atom. The van der Waals surface area contributed by atoms with E-state index in [2.05, 4.69) is 0 Å². The Hall–Kier alpha value is -1.20. The normalized spacial score (nSPS) is 23.0. The largest absolute Gasteiger partial charge is 0.494 e. The molecule has 5 heteroatoms. The number of carbonyl (C=O) groups is 1. The lowest BCUT2D eigenvalue weighted by molar-refractivity contribution is -0.143. The molecule has 0 spiro atoms. The molecule has 1 aliphatic rings. The molecule has 3 N–H and O–H groups in total. The Kier molecular flexibility index (Phi) is 3.82. The van der Waals surface area contributed by atoms with Crippen molar-refractivity contribution < 1.29 is 14.6 Å². The number of aliphatic carboxylic acids is 1. The molecule has 0 bridgehead atoms. The lowest BCUT2D eigenvalue weighted by atomic mass is 9.89. The van der Waals surface area contributed by atoms with Crippen molar-refractivity contribution in [2.24, 2.45) is 5.73 Å². The van der Waals surface area contributed by atoms with Gasteiger partial charge in [0.15, 0.2) is 0 Å². The van der Waals surface area contributed by atoms with Crippen LogP contribution < -0.4 is 10.5 Å². The average Bonchev–Trinajstić information content (AvgIpc) is 2.48. The summed E-state index contributed by atoms with van der Waals surface area (Å²) in [5.74, 6) is 0.563. The minimum Gasteiger partial charge on any atom is -0.494 e. The van der Waals surface area contributed by atoms with E-state index >= 15 is 0 Å². The molecule has 1 heterocycles. The van der Waals surface area contributed by atoms with Gasteiger partial charge in [-0.1, -0.05) is 0 Å². The van der Waals surface area contributed by atoms with Gasteiger partial charge in [0.2, 0.25) is 0 Å². The molecule has 1 aromatic carbocycles. The second-order valence-electron chi connectivity index (χ2n) is 4.44. The van der Waals surface area contributed by atoms with Gasteiger partial charge in [-0.25, -0.2) is 0 Å². The van der Waals surface area contributed by atoms with Crippen LogP contribution in [0.25, 0.3) is 0 Å². The first-order valence-electron chi connectivity index (χ1n) is 5.96. The summed E-state index contributed by atoms with van der Waals surface area (Å²) in [5.41, 5.74) is 5.79. The fourth-order valence-electron chi connectivity index (χ4n) is 2.05. The number of hydrogen-bond acceptors (Lipinski definition) is 4. The second kappa shape index (κ2) is 5.20. The standard InChI is InChI=1S/C13H17NO3S/c1-2-17-10-3-4-11-9(7-10)8-13(14,12(15)16)5-6-18-11/h3-4,7H,2,5-6,8,14H2,1H3,(H,15,16). The first-order chi connectivity index (χ1) is 8.55. The molecule has 1 unspecified atom stereocenters. The Balaban J connectivity index is 2.33. The number of ether oxygens (including phenoxy) is 1. The molecule has 2 rings (SSSR count). The summed E-state index contributed by atoms with van der Waals surface area (Å²) >= 11 is 1.66. The van der Waals surface area contributed by atoms with Crippen LogP contribution in [0.15, 0.2) is 23.1 Å². The van der Waals surface area contributed by atoms with Crippen LogP contribution in [0.5, 0.6) is 5.75 Å². The highest BCUT2D eigenvalue weighted by Gasteiger charge is 2.36. The number of carboxylic acids is 1. The van der Waals surface area contributed by atoms with Gasteiger partial charge in [0.25, 0.3) is 0 Å². The van der Waals surface area contributed by atoms with Crippen LogP contribution in [-0.2, 0) is 11.2 Å². The highest BCUT2D eigenvalue weighted by Crippen LogP contribution is 2.34. The topological polar surface area (TPSA) is 72.5 Å². The van der Waals surface area contributed by atoms with E-state index < -0.39 is 11.5 Å². The maximum atomic E-state index is 11.3. The maximum Gasteiger partial charge on any atom is 0.324 e. The molecular formula is C13H17NO3S. The quantitative estimate of drug-likeness (QED) is 0.875. The molecule has 1 aromatic rings. The number of fused-ring (bicyclic) bond motifs is 1. The smallest absolute Gasteiger partial charge is 0.324 e. The molecule has 0 radical (unpaired) electrons. The summed E-state index contributed by atoms with van der Waals surface area (Å²) in [6.45, 7) is 2.52. The molecule has 0 fully saturated rings. The lowest BCUT2D eigenvalue weighted by Gasteiger charge is -2.22. The molecule has 0 aliphatic carbocycles. The van der Waals surface area contributed by atoms with E-state index in [9.17, 15) is 9.90 Å². The van der Waals surface area contributed by atoms with E-state index in [0.717, 1.165) is 22.0 Å². The monoisotopic (exact) mass is 267 g/mol. The van der Waals surface area contributed by atoms with Crippen LogP contribution in [0, 0.1) is 0 Å². The summed E-state index contributed by atoms with van der Waals surface area (Å²) in [6.07, 6.45) is 0.831. The van der Waals surface area contributed by atoms with Crippen molar-refractivity contribution in [2.75, 3.05) is 12.4 Å². The van der Waals surface area contributed by atoms with Gasteiger partial charge in [0.05, 0.1) is 6.61 Å². The number of nitrogens with two attached hydrogens (primary N) is 1. The van der Waals surface area contributed by atoms with E-state index in [1.807, 2.05) is 25.1 Å². The third-order valence-electron chi connectivity index (χ3n) is 3.08. The Morgan fingerprint density at radius 2 is 2.39 bits per heavy atom. The first-order valence-corrected chi connectivity index (χ1v) is 6.94. The maximum absolute atomic E-state index is 11.3. The van der Waals surface area contributed by atoms with Gasteiger partial charge in [0.1, 0.15) is 11.3 Å². The minimum absolute atomic E-state index is 0.353. The van der Waals surface area contributed by atoms with Crippen molar-refractivity contribution in [3.8, 4) is 5.75 Å². The first kappa shape index (κ1) is 13.2. The minimum atomic E-state index is -1.16. The summed E-state index contributed by atoms with van der Waals surface area (Å²) in [4.78, 5) is 12.4. The Bertz CT molecular complexity index is 464. The number of rotatable bonds is 3. The third-order valence-corrected chi connectivity index (χ3v) is 4.20. The van der Waals surface area contributed by atoms with E-state index in [-0.39, 0.29) is 0 Å². The van der Waals surface area contributed by atoms with Crippen LogP contribution in [0.3, 0.4) is 0 Å². The molecule has 0 saturated heterocycles. The van der Waals surface area contributed by atoms with Gasteiger partial charge in [-0.3, -0.25) is 4.79 Å². The second-order valence-corrected chi connectivity index (χ2v) is 5.58. The van der Waals surface area contributed by atoms with Gasteiger partial charge >= 0.3 is 5.97 Å². The van der Waals surface area contributed by atoms with Crippen LogP contribution in [0.1, 0.15) is 18.9 Å². The molecule has 4 nitrogen and oxygen atoms in total. The van der Waals surface area contributed by atoms with Crippen LogP contribution in [0.2, 0.25) is 0 Å². The van der Waals surface area contributed by atoms with Crippen molar-refractivity contribution >= 4 is 17.7 Å². The molecular weight excluding hydrogens is 250 g/mol. The molecule has 1 aliphatic heterocycles. The molecule has 18 heavy (non-hydrogen) atoms. The zero-order valence-corrected chi connectivity index (χ0v) is 11.1. The molecule has 0 aromatic heterocycles. The zero-order valence-electron chi connectivity index (χ0n) is 10.3. The number of thioether (sulfide) groups is 1. The fourth-order valence-corrected chi connectivity index (χ4v) is 3.21. The van der Waals surface area contributed by atoms with E-state index in [1.165, 1.54) is 0 Å². The Labute approximate surface area is 111 Å². The van der Waals surface area contributed by atoms with Crippen molar-refractivity contribution in [3.05, 3.63) is 23.8 Å². The van der Waals surface area contributed by atoms with Crippen LogP contribution in [-0.4, -0.2) is 29.0 Å². The van der Waals surface area contributed by atoms with Gasteiger partial charge in [-0.15, -0.1) is 11.8 Å². The molecule has 0 amide bonds. The summed E-state index contributed by atoms with van der Waals surface area (Å²) in [5, 5.41) is 9.26. The van der Waals surface area contributed by atoms with E-state index in [1.54, 1.807) is 11.8 Å². The average molecular weight is 267 g/mol. The molecule has 0 saturated carbocycles. The number of hydrogen-bond donors (Lipinski definition) is 2. The number of carboxylic acid groups (broad SMARTS) is 1. The van der Waals surface area contributed by atoms with Crippen LogP contribution >= 0.6 is 11.8 Å². The predicted octanol–water partition coefficient (Wildman–Crippen LogP) is 1.91. The zero-order chi connectivity index (χ0) is 13.2. The van der Waals surface area contributed by atoms with E-state index in [0.29, 0.717) is 19.4 Å². The van der Waals surface area contributed by atoms with Crippen molar-refractivity contribution in [1.82, 2.24) is 0 Å². The fraction of sp³-hybridized carbons (Fsp3) is 0.462. The molecule has 1 atom stereocenters. The van der Waals surface area contributed by atoms with Gasteiger partial charge in [-0.2, -0.15) is 0 Å². The Morgan fingerprint density at radius 3 is 3.06 bits per heavy atom.